The zero-order valence-corrected chi connectivity index (χ0v) is 16.9. The summed E-state index contributed by atoms with van der Waals surface area (Å²) in [6, 6.07) is 14.2. The molecule has 6 nitrogen and oxygen atoms in total. The SMILES string of the molecule is CCc1ccc(N(CC(=O)NC(C)c2ccccc2OC)S(C)(=O)=O)cc1. The number of rotatable bonds is 8. The first-order chi connectivity index (χ1) is 12.8. The maximum atomic E-state index is 12.5. The lowest BCUT2D eigenvalue weighted by Gasteiger charge is -2.24. The molecule has 146 valence electrons. The van der Waals surface area contributed by atoms with Gasteiger partial charge in [-0.1, -0.05) is 37.3 Å². The van der Waals surface area contributed by atoms with Crippen LogP contribution in [-0.4, -0.2) is 34.2 Å². The van der Waals surface area contributed by atoms with Crippen LogP contribution in [0.1, 0.15) is 31.0 Å². The Morgan fingerprint density at radius 2 is 1.78 bits per heavy atom. The Balaban J connectivity index is 2.16. The van der Waals surface area contributed by atoms with Crippen molar-refractivity contribution in [3.05, 3.63) is 59.7 Å². The lowest BCUT2D eigenvalue weighted by molar-refractivity contribution is -0.120. The molecule has 1 unspecified atom stereocenters. The van der Waals surface area contributed by atoms with Crippen molar-refractivity contribution in [1.82, 2.24) is 5.32 Å². The summed E-state index contributed by atoms with van der Waals surface area (Å²) in [7, 11) is -2.03. The van der Waals surface area contributed by atoms with E-state index in [0.29, 0.717) is 11.4 Å². The van der Waals surface area contributed by atoms with Gasteiger partial charge in [-0.25, -0.2) is 8.42 Å². The van der Waals surface area contributed by atoms with E-state index in [0.717, 1.165) is 28.1 Å². The molecule has 7 heteroatoms. The van der Waals surface area contributed by atoms with Gasteiger partial charge >= 0.3 is 0 Å². The molecule has 0 spiro atoms. The van der Waals surface area contributed by atoms with Gasteiger partial charge in [0.05, 0.1) is 25.1 Å². The fourth-order valence-corrected chi connectivity index (χ4v) is 3.67. The molecule has 0 heterocycles. The van der Waals surface area contributed by atoms with Gasteiger partial charge < -0.3 is 10.1 Å². The maximum Gasteiger partial charge on any atom is 0.241 e. The Bertz CT molecular complexity index is 879. The van der Waals surface area contributed by atoms with Crippen LogP contribution in [-0.2, 0) is 21.2 Å². The third-order valence-corrected chi connectivity index (χ3v) is 5.44. The van der Waals surface area contributed by atoms with Crippen LogP contribution < -0.4 is 14.4 Å². The molecule has 1 N–H and O–H groups in total. The zero-order chi connectivity index (χ0) is 20.0. The number of sulfonamides is 1. The molecule has 2 rings (SSSR count). The molecule has 0 aromatic heterocycles. The first-order valence-electron chi connectivity index (χ1n) is 8.75. The Morgan fingerprint density at radius 3 is 2.33 bits per heavy atom. The van der Waals surface area contributed by atoms with Crippen LogP contribution >= 0.6 is 0 Å². The molecule has 0 saturated heterocycles. The number of amides is 1. The van der Waals surface area contributed by atoms with Crippen molar-refractivity contribution in [3.63, 3.8) is 0 Å². The number of ether oxygens (including phenoxy) is 1. The molecule has 1 atom stereocenters. The molecule has 0 radical (unpaired) electrons. The fraction of sp³-hybridized carbons (Fsp3) is 0.350. The largest absolute Gasteiger partial charge is 0.496 e. The van der Waals surface area contributed by atoms with Crippen molar-refractivity contribution in [1.29, 1.82) is 0 Å². The molecule has 2 aromatic rings. The van der Waals surface area contributed by atoms with Gasteiger partial charge in [-0.2, -0.15) is 0 Å². The highest BCUT2D eigenvalue weighted by Gasteiger charge is 2.22. The van der Waals surface area contributed by atoms with E-state index in [1.165, 1.54) is 0 Å². The van der Waals surface area contributed by atoms with E-state index >= 15 is 0 Å². The summed E-state index contributed by atoms with van der Waals surface area (Å²) in [4.78, 5) is 12.5. The monoisotopic (exact) mass is 390 g/mol. The molecule has 0 fully saturated rings. The maximum absolute atomic E-state index is 12.5. The van der Waals surface area contributed by atoms with Crippen LogP contribution in [0, 0.1) is 0 Å². The number of anilines is 1. The average Bonchev–Trinajstić information content (AvgIpc) is 2.65. The second kappa shape index (κ2) is 8.90. The summed E-state index contributed by atoms with van der Waals surface area (Å²) in [5.74, 6) is 0.277. The third kappa shape index (κ3) is 5.47. The second-order valence-electron chi connectivity index (χ2n) is 6.32. The van der Waals surface area contributed by atoms with Crippen LogP contribution in [0.4, 0.5) is 5.69 Å². The summed E-state index contributed by atoms with van der Waals surface area (Å²) >= 11 is 0. The summed E-state index contributed by atoms with van der Waals surface area (Å²) in [5.41, 5.74) is 2.39. The predicted molar refractivity (Wildman–Crippen MR) is 108 cm³/mol. The number of benzene rings is 2. The molecule has 27 heavy (non-hydrogen) atoms. The Hall–Kier alpha value is -2.54. The van der Waals surface area contributed by atoms with E-state index in [1.54, 1.807) is 19.2 Å². The molecule has 2 aromatic carbocycles. The Kier molecular flexibility index (Phi) is 6.85. The van der Waals surface area contributed by atoms with Gasteiger partial charge in [0, 0.05) is 5.56 Å². The highest BCUT2D eigenvalue weighted by Crippen LogP contribution is 2.24. The number of carbonyl (C=O) groups is 1. The molecule has 0 saturated carbocycles. The minimum atomic E-state index is -3.60. The van der Waals surface area contributed by atoms with Gasteiger partial charge in [-0.05, 0) is 37.1 Å². The lowest BCUT2D eigenvalue weighted by atomic mass is 10.1. The number of nitrogens with one attached hydrogen (secondary N) is 1. The molecule has 1 amide bonds. The van der Waals surface area contributed by atoms with Crippen molar-refractivity contribution in [2.75, 3.05) is 24.2 Å². The van der Waals surface area contributed by atoms with Gasteiger partial charge in [0.15, 0.2) is 0 Å². The first kappa shape index (κ1) is 20.8. The lowest BCUT2D eigenvalue weighted by Crippen LogP contribution is -2.41. The molecule has 0 aliphatic carbocycles. The minimum Gasteiger partial charge on any atom is -0.496 e. The topological polar surface area (TPSA) is 75.7 Å². The van der Waals surface area contributed by atoms with Crippen molar-refractivity contribution < 1.29 is 17.9 Å². The normalized spacial score (nSPS) is 12.3. The van der Waals surface area contributed by atoms with Crippen molar-refractivity contribution in [3.8, 4) is 5.75 Å². The van der Waals surface area contributed by atoms with Gasteiger partial charge in [0.2, 0.25) is 15.9 Å². The van der Waals surface area contributed by atoms with Crippen molar-refractivity contribution in [2.45, 2.75) is 26.3 Å². The Labute approximate surface area is 161 Å². The van der Waals surface area contributed by atoms with Crippen LogP contribution in [0.5, 0.6) is 5.75 Å². The molecule has 0 bridgehead atoms. The number of nitrogens with zero attached hydrogens (tertiary/aromatic N) is 1. The van der Waals surface area contributed by atoms with Crippen LogP contribution in [0.25, 0.3) is 0 Å². The van der Waals surface area contributed by atoms with E-state index in [4.69, 9.17) is 4.74 Å². The number of methoxy groups -OCH3 is 1. The summed E-state index contributed by atoms with van der Waals surface area (Å²) in [6.45, 7) is 3.57. The highest BCUT2D eigenvalue weighted by molar-refractivity contribution is 7.92. The number of para-hydroxylation sites is 1. The summed E-state index contributed by atoms with van der Waals surface area (Å²) < 4.78 is 30.8. The van der Waals surface area contributed by atoms with Gasteiger partial charge in [0.1, 0.15) is 12.3 Å². The smallest absolute Gasteiger partial charge is 0.241 e. The number of carbonyl (C=O) groups excluding carboxylic acids is 1. The van der Waals surface area contributed by atoms with Crippen LogP contribution in [0.3, 0.4) is 0 Å². The van der Waals surface area contributed by atoms with Crippen LogP contribution in [0.15, 0.2) is 48.5 Å². The number of hydrogen-bond acceptors (Lipinski definition) is 4. The van der Waals surface area contributed by atoms with Gasteiger partial charge in [-0.15, -0.1) is 0 Å². The summed E-state index contributed by atoms with van der Waals surface area (Å²) in [5, 5.41) is 2.84. The quantitative estimate of drug-likeness (QED) is 0.752. The highest BCUT2D eigenvalue weighted by atomic mass is 32.2. The molecular formula is C20H26N2O4S. The van der Waals surface area contributed by atoms with Gasteiger partial charge in [-0.3, -0.25) is 9.10 Å². The Morgan fingerprint density at radius 1 is 1.15 bits per heavy atom. The van der Waals surface area contributed by atoms with E-state index in [9.17, 15) is 13.2 Å². The zero-order valence-electron chi connectivity index (χ0n) is 16.1. The van der Waals surface area contributed by atoms with Gasteiger partial charge in [0.25, 0.3) is 0 Å². The van der Waals surface area contributed by atoms with E-state index < -0.39 is 15.9 Å². The molecular weight excluding hydrogens is 364 g/mol. The second-order valence-corrected chi connectivity index (χ2v) is 8.23. The minimum absolute atomic E-state index is 0.288. The summed E-state index contributed by atoms with van der Waals surface area (Å²) in [6.07, 6.45) is 1.95. The van der Waals surface area contributed by atoms with E-state index in [-0.39, 0.29) is 12.6 Å². The third-order valence-electron chi connectivity index (χ3n) is 4.30. The number of hydrogen-bond donors (Lipinski definition) is 1. The van der Waals surface area contributed by atoms with E-state index in [2.05, 4.69) is 5.32 Å². The average molecular weight is 391 g/mol. The number of aryl methyl sites for hydroxylation is 1. The standard InChI is InChI=1S/C20H26N2O4S/c1-5-16-10-12-17(13-11-16)22(27(4,24)25)14-20(23)21-15(2)18-8-6-7-9-19(18)26-3/h6-13,15H,5,14H2,1-4H3,(H,21,23). The first-order valence-corrected chi connectivity index (χ1v) is 10.6. The van der Waals surface area contributed by atoms with E-state index in [1.807, 2.05) is 50.2 Å². The fourth-order valence-electron chi connectivity index (χ4n) is 2.82. The van der Waals surface area contributed by atoms with Crippen LogP contribution in [0.2, 0.25) is 0 Å². The van der Waals surface area contributed by atoms with Crippen molar-refractivity contribution in [2.24, 2.45) is 0 Å². The molecule has 0 aliphatic rings. The van der Waals surface area contributed by atoms with Crippen molar-refractivity contribution >= 4 is 21.6 Å². The predicted octanol–water partition coefficient (Wildman–Crippen LogP) is 2.90. The molecule has 0 aliphatic heterocycles.